The van der Waals surface area contributed by atoms with Crippen LogP contribution in [0.2, 0.25) is 0 Å². The van der Waals surface area contributed by atoms with E-state index in [2.05, 4.69) is 0 Å². The van der Waals surface area contributed by atoms with Gasteiger partial charge in [-0.2, -0.15) is 0 Å². The van der Waals surface area contributed by atoms with Crippen LogP contribution in [0.25, 0.3) is 0 Å². The summed E-state index contributed by atoms with van der Waals surface area (Å²) in [6.45, 7) is 2.13. The van der Waals surface area contributed by atoms with Gasteiger partial charge in [0, 0.05) is 7.05 Å². The van der Waals surface area contributed by atoms with Crippen molar-refractivity contribution in [1.82, 2.24) is 4.90 Å². The van der Waals surface area contributed by atoms with Gasteiger partial charge in [0.15, 0.2) is 0 Å². The lowest BCUT2D eigenvalue weighted by molar-refractivity contribution is -0.132. The largest absolute Gasteiger partial charge is 0.493 e. The predicted octanol–water partition coefficient (Wildman–Crippen LogP) is 1.29. The second-order valence-corrected chi connectivity index (χ2v) is 3.95. The Hall–Kier alpha value is -1.55. The van der Waals surface area contributed by atoms with E-state index < -0.39 is 0 Å². The van der Waals surface area contributed by atoms with Crippen molar-refractivity contribution < 1.29 is 14.6 Å². The monoisotopic (exact) mass is 237 g/mol. The van der Waals surface area contributed by atoms with Gasteiger partial charge in [0.1, 0.15) is 5.75 Å². The number of nitrogens with zero attached hydrogens (tertiary/aromatic N) is 1. The summed E-state index contributed by atoms with van der Waals surface area (Å²) in [5.41, 5.74) is 0. The first-order chi connectivity index (χ1) is 8.15. The van der Waals surface area contributed by atoms with Gasteiger partial charge in [0.25, 0.3) is 0 Å². The Morgan fingerprint density at radius 2 is 2.06 bits per heavy atom. The van der Waals surface area contributed by atoms with Crippen molar-refractivity contribution in [2.24, 2.45) is 0 Å². The number of hydrogen-bond acceptors (Lipinski definition) is 3. The maximum atomic E-state index is 11.7. The van der Waals surface area contributed by atoms with Gasteiger partial charge in [-0.15, -0.1) is 0 Å². The summed E-state index contributed by atoms with van der Waals surface area (Å²) in [4.78, 5) is 13.2. The molecule has 0 aliphatic rings. The van der Waals surface area contributed by atoms with Crippen LogP contribution >= 0.6 is 0 Å². The van der Waals surface area contributed by atoms with Crippen LogP contribution in [0.1, 0.15) is 13.3 Å². The Balaban J connectivity index is 2.29. The molecule has 0 fully saturated rings. The topological polar surface area (TPSA) is 49.8 Å². The van der Waals surface area contributed by atoms with Crippen molar-refractivity contribution in [3.8, 4) is 5.75 Å². The van der Waals surface area contributed by atoms with Gasteiger partial charge >= 0.3 is 0 Å². The summed E-state index contributed by atoms with van der Waals surface area (Å²) in [6.07, 6.45) is 0.315. The van der Waals surface area contributed by atoms with Crippen molar-refractivity contribution in [3.63, 3.8) is 0 Å². The summed E-state index contributed by atoms with van der Waals surface area (Å²) < 4.78 is 5.43. The second-order valence-electron chi connectivity index (χ2n) is 3.95. The fourth-order valence-electron chi connectivity index (χ4n) is 1.32. The standard InChI is InChI=1S/C13H19NO3/c1-11(10-15)14(2)13(16)8-9-17-12-6-4-3-5-7-12/h3-7,11,15H,8-10H2,1-2H3. The van der Waals surface area contributed by atoms with E-state index in [0.717, 1.165) is 5.75 Å². The van der Waals surface area contributed by atoms with E-state index in [4.69, 9.17) is 9.84 Å². The summed E-state index contributed by atoms with van der Waals surface area (Å²) in [7, 11) is 1.69. The zero-order valence-electron chi connectivity index (χ0n) is 10.3. The maximum absolute atomic E-state index is 11.7. The van der Waals surface area contributed by atoms with Crippen LogP contribution in [0, 0.1) is 0 Å². The molecule has 1 aromatic carbocycles. The van der Waals surface area contributed by atoms with Gasteiger partial charge in [-0.1, -0.05) is 18.2 Å². The summed E-state index contributed by atoms with van der Waals surface area (Å²) >= 11 is 0. The number of likely N-dealkylation sites (N-methyl/N-ethyl adjacent to an activating group) is 1. The van der Waals surface area contributed by atoms with Gasteiger partial charge < -0.3 is 14.7 Å². The van der Waals surface area contributed by atoms with Crippen LogP contribution in [0.5, 0.6) is 5.75 Å². The number of amides is 1. The summed E-state index contributed by atoms with van der Waals surface area (Å²) in [6, 6.07) is 9.23. The van der Waals surface area contributed by atoms with Crippen LogP contribution < -0.4 is 4.74 Å². The first-order valence-electron chi connectivity index (χ1n) is 5.69. The molecule has 0 saturated carbocycles. The average Bonchev–Trinajstić information content (AvgIpc) is 2.38. The molecule has 94 valence electrons. The molecule has 0 radical (unpaired) electrons. The summed E-state index contributed by atoms with van der Waals surface area (Å²) in [5, 5.41) is 8.93. The highest BCUT2D eigenvalue weighted by Crippen LogP contribution is 2.08. The quantitative estimate of drug-likeness (QED) is 0.811. The van der Waals surface area contributed by atoms with Crippen molar-refractivity contribution in [2.45, 2.75) is 19.4 Å². The number of hydrogen-bond donors (Lipinski definition) is 1. The smallest absolute Gasteiger partial charge is 0.226 e. The zero-order valence-corrected chi connectivity index (χ0v) is 10.3. The Kier molecular flexibility index (Phi) is 5.49. The lowest BCUT2D eigenvalue weighted by Crippen LogP contribution is -2.37. The molecule has 1 unspecified atom stereocenters. The van der Waals surface area contributed by atoms with E-state index in [1.165, 1.54) is 4.90 Å². The molecule has 17 heavy (non-hydrogen) atoms. The van der Waals surface area contributed by atoms with E-state index in [9.17, 15) is 4.79 Å². The molecule has 0 bridgehead atoms. The van der Waals surface area contributed by atoms with Crippen LogP contribution in [-0.2, 0) is 4.79 Å². The van der Waals surface area contributed by atoms with E-state index >= 15 is 0 Å². The molecular weight excluding hydrogens is 218 g/mol. The molecule has 1 amide bonds. The van der Waals surface area contributed by atoms with Crippen molar-refractivity contribution in [2.75, 3.05) is 20.3 Å². The van der Waals surface area contributed by atoms with Crippen molar-refractivity contribution in [1.29, 1.82) is 0 Å². The first-order valence-corrected chi connectivity index (χ1v) is 5.69. The Bertz CT molecular complexity index is 340. The van der Waals surface area contributed by atoms with E-state index in [-0.39, 0.29) is 18.6 Å². The van der Waals surface area contributed by atoms with Gasteiger partial charge in [0.05, 0.1) is 25.7 Å². The molecule has 0 aliphatic carbocycles. The fraction of sp³-hybridized carbons (Fsp3) is 0.462. The van der Waals surface area contributed by atoms with E-state index in [1.807, 2.05) is 30.3 Å². The Morgan fingerprint density at radius 1 is 1.41 bits per heavy atom. The highest BCUT2D eigenvalue weighted by atomic mass is 16.5. The highest BCUT2D eigenvalue weighted by Gasteiger charge is 2.14. The normalized spacial score (nSPS) is 11.9. The molecule has 1 N–H and O–H groups in total. The third kappa shape index (κ3) is 4.44. The zero-order chi connectivity index (χ0) is 12.7. The SMILES string of the molecule is CC(CO)N(C)C(=O)CCOc1ccccc1. The molecule has 0 spiro atoms. The van der Waals surface area contributed by atoms with Gasteiger partial charge in [-0.05, 0) is 19.1 Å². The first kappa shape index (κ1) is 13.5. The van der Waals surface area contributed by atoms with Crippen LogP contribution in [0.3, 0.4) is 0 Å². The molecular formula is C13H19NO3. The number of benzene rings is 1. The number of aliphatic hydroxyl groups is 1. The minimum absolute atomic E-state index is 0.0255. The average molecular weight is 237 g/mol. The minimum atomic E-state index is -0.153. The van der Waals surface area contributed by atoms with E-state index in [1.54, 1.807) is 14.0 Å². The third-order valence-corrected chi connectivity index (χ3v) is 2.65. The Labute approximate surface area is 102 Å². The molecule has 4 heteroatoms. The number of rotatable bonds is 6. The van der Waals surface area contributed by atoms with Crippen LogP contribution in [0.15, 0.2) is 30.3 Å². The maximum Gasteiger partial charge on any atom is 0.226 e. The minimum Gasteiger partial charge on any atom is -0.493 e. The molecule has 1 aromatic rings. The fourth-order valence-corrected chi connectivity index (χ4v) is 1.32. The molecule has 1 atom stereocenters. The van der Waals surface area contributed by atoms with Crippen molar-refractivity contribution in [3.05, 3.63) is 30.3 Å². The third-order valence-electron chi connectivity index (χ3n) is 2.65. The van der Waals surface area contributed by atoms with E-state index in [0.29, 0.717) is 13.0 Å². The lowest BCUT2D eigenvalue weighted by Gasteiger charge is -2.23. The Morgan fingerprint density at radius 3 is 2.65 bits per heavy atom. The van der Waals surface area contributed by atoms with Gasteiger partial charge in [-0.3, -0.25) is 4.79 Å². The van der Waals surface area contributed by atoms with Crippen LogP contribution in [0.4, 0.5) is 0 Å². The number of ether oxygens (including phenoxy) is 1. The summed E-state index contributed by atoms with van der Waals surface area (Å²) in [5.74, 6) is 0.737. The number of aliphatic hydroxyl groups excluding tert-OH is 1. The van der Waals surface area contributed by atoms with Gasteiger partial charge in [-0.25, -0.2) is 0 Å². The number of para-hydroxylation sites is 1. The second kappa shape index (κ2) is 6.91. The molecule has 0 heterocycles. The number of carbonyl (C=O) groups excluding carboxylic acids is 1. The molecule has 0 saturated heterocycles. The molecule has 0 aliphatic heterocycles. The predicted molar refractivity (Wildman–Crippen MR) is 65.9 cm³/mol. The number of carbonyl (C=O) groups is 1. The molecule has 4 nitrogen and oxygen atoms in total. The molecule has 1 rings (SSSR count). The highest BCUT2D eigenvalue weighted by molar-refractivity contribution is 5.76. The molecule has 0 aromatic heterocycles. The van der Waals surface area contributed by atoms with Crippen LogP contribution in [-0.4, -0.2) is 42.2 Å². The van der Waals surface area contributed by atoms with Crippen molar-refractivity contribution >= 4 is 5.91 Å². The van der Waals surface area contributed by atoms with Gasteiger partial charge in [0.2, 0.25) is 5.91 Å². The lowest BCUT2D eigenvalue weighted by atomic mass is 10.3.